The molecule has 16 heavy (non-hydrogen) atoms. The monoisotopic (exact) mass is 224 g/mol. The van der Waals surface area contributed by atoms with Gasteiger partial charge in [-0.25, -0.2) is 4.39 Å². The molecule has 0 aromatic heterocycles. The topological polar surface area (TPSA) is 26.3 Å². The fourth-order valence-corrected chi connectivity index (χ4v) is 1.57. The van der Waals surface area contributed by atoms with Crippen LogP contribution in [0.3, 0.4) is 0 Å². The Morgan fingerprint density at radius 3 is 2.75 bits per heavy atom. The summed E-state index contributed by atoms with van der Waals surface area (Å²) in [5.74, 6) is -0.00709. The van der Waals surface area contributed by atoms with E-state index < -0.39 is 5.82 Å². The fraction of sp³-hybridized carbons (Fsp3) is 0.462. The van der Waals surface area contributed by atoms with Crippen molar-refractivity contribution in [1.29, 1.82) is 0 Å². The van der Waals surface area contributed by atoms with Gasteiger partial charge in [0, 0.05) is 6.42 Å². The Bertz CT molecular complexity index is 361. The summed E-state index contributed by atoms with van der Waals surface area (Å²) in [5, 5.41) is 0. The van der Waals surface area contributed by atoms with Gasteiger partial charge in [0.1, 0.15) is 11.6 Å². The molecule has 0 N–H and O–H groups in total. The van der Waals surface area contributed by atoms with Crippen LogP contribution in [-0.4, -0.2) is 12.9 Å². The third-order valence-electron chi connectivity index (χ3n) is 2.47. The van der Waals surface area contributed by atoms with Gasteiger partial charge in [-0.1, -0.05) is 19.8 Å². The molecular weight excluding hydrogens is 207 g/mol. The minimum Gasteiger partial charge on any atom is -0.496 e. The van der Waals surface area contributed by atoms with Crippen molar-refractivity contribution in [2.75, 3.05) is 7.11 Å². The first-order valence-electron chi connectivity index (χ1n) is 5.55. The first kappa shape index (κ1) is 12.7. The van der Waals surface area contributed by atoms with E-state index in [-0.39, 0.29) is 5.78 Å². The van der Waals surface area contributed by atoms with Gasteiger partial charge in [0.25, 0.3) is 0 Å². The molecule has 0 bridgehead atoms. The summed E-state index contributed by atoms with van der Waals surface area (Å²) in [7, 11) is 1.48. The standard InChI is InChI=1S/C13H17FO2/c1-3-4-5-6-12(15)11-9-10(14)7-8-13(11)16-2/h7-9H,3-6H2,1-2H3. The average molecular weight is 224 g/mol. The van der Waals surface area contributed by atoms with Crippen LogP contribution in [0.25, 0.3) is 0 Å². The second-order valence-corrected chi connectivity index (χ2v) is 3.72. The molecule has 0 atom stereocenters. The number of carbonyl (C=O) groups excluding carboxylic acids is 1. The quantitative estimate of drug-likeness (QED) is 0.545. The number of Topliss-reactive ketones (excluding diaryl/α,β-unsaturated/α-hetero) is 1. The smallest absolute Gasteiger partial charge is 0.166 e. The molecule has 0 spiro atoms. The summed E-state index contributed by atoms with van der Waals surface area (Å²) in [5.41, 5.74) is 0.346. The highest BCUT2D eigenvalue weighted by molar-refractivity contribution is 5.98. The van der Waals surface area contributed by atoms with Crippen LogP contribution < -0.4 is 4.74 Å². The minimum atomic E-state index is -0.403. The van der Waals surface area contributed by atoms with Gasteiger partial charge in [-0.15, -0.1) is 0 Å². The zero-order valence-electron chi connectivity index (χ0n) is 9.75. The Labute approximate surface area is 95.4 Å². The Morgan fingerprint density at radius 2 is 2.12 bits per heavy atom. The Hall–Kier alpha value is -1.38. The molecule has 88 valence electrons. The minimum absolute atomic E-state index is 0.0511. The second-order valence-electron chi connectivity index (χ2n) is 3.72. The number of carbonyl (C=O) groups is 1. The van der Waals surface area contributed by atoms with Gasteiger partial charge in [0.2, 0.25) is 0 Å². The van der Waals surface area contributed by atoms with Gasteiger partial charge in [0.05, 0.1) is 12.7 Å². The highest BCUT2D eigenvalue weighted by Crippen LogP contribution is 2.21. The molecule has 0 radical (unpaired) electrons. The van der Waals surface area contributed by atoms with Gasteiger partial charge in [0.15, 0.2) is 5.78 Å². The highest BCUT2D eigenvalue weighted by atomic mass is 19.1. The summed E-state index contributed by atoms with van der Waals surface area (Å²) in [6, 6.07) is 4.02. The molecule has 1 aromatic carbocycles. The summed E-state index contributed by atoms with van der Waals surface area (Å²) in [4.78, 5) is 11.8. The Balaban J connectivity index is 2.76. The Morgan fingerprint density at radius 1 is 1.38 bits per heavy atom. The number of methoxy groups -OCH3 is 1. The van der Waals surface area contributed by atoms with Gasteiger partial charge < -0.3 is 4.74 Å². The maximum Gasteiger partial charge on any atom is 0.166 e. The lowest BCUT2D eigenvalue weighted by Crippen LogP contribution is -2.02. The SMILES string of the molecule is CCCCCC(=O)c1cc(F)ccc1OC. The largest absolute Gasteiger partial charge is 0.496 e. The lowest BCUT2D eigenvalue weighted by atomic mass is 10.0. The summed E-state index contributed by atoms with van der Waals surface area (Å²) >= 11 is 0. The molecule has 2 nitrogen and oxygen atoms in total. The summed E-state index contributed by atoms with van der Waals surface area (Å²) in [6.07, 6.45) is 3.37. The van der Waals surface area contributed by atoms with E-state index >= 15 is 0 Å². The maximum absolute atomic E-state index is 13.0. The van der Waals surface area contributed by atoms with Crippen molar-refractivity contribution in [3.05, 3.63) is 29.6 Å². The Kier molecular flexibility index (Phi) is 4.96. The van der Waals surface area contributed by atoms with Crippen molar-refractivity contribution in [3.63, 3.8) is 0 Å². The van der Waals surface area contributed by atoms with Crippen LogP contribution in [0.1, 0.15) is 43.0 Å². The molecule has 0 amide bonds. The average Bonchev–Trinajstić information content (AvgIpc) is 2.29. The maximum atomic E-state index is 13.0. The summed E-state index contributed by atoms with van der Waals surface area (Å²) < 4.78 is 18.1. The van der Waals surface area contributed by atoms with Crippen LogP contribution in [0.4, 0.5) is 4.39 Å². The second kappa shape index (κ2) is 6.26. The molecule has 0 fully saturated rings. The molecule has 0 aliphatic rings. The van der Waals surface area contributed by atoms with Crippen molar-refractivity contribution >= 4 is 5.78 Å². The number of ketones is 1. The molecule has 0 saturated heterocycles. The predicted octanol–water partition coefficient (Wildman–Crippen LogP) is 3.60. The first-order chi connectivity index (χ1) is 7.69. The number of benzene rings is 1. The van der Waals surface area contributed by atoms with E-state index in [9.17, 15) is 9.18 Å². The van der Waals surface area contributed by atoms with Crippen LogP contribution in [0.15, 0.2) is 18.2 Å². The lowest BCUT2D eigenvalue weighted by molar-refractivity contribution is 0.0976. The van der Waals surface area contributed by atoms with E-state index in [4.69, 9.17) is 4.74 Å². The van der Waals surface area contributed by atoms with E-state index in [2.05, 4.69) is 6.92 Å². The number of rotatable bonds is 6. The number of hydrogen-bond acceptors (Lipinski definition) is 2. The van der Waals surface area contributed by atoms with Gasteiger partial charge in [-0.05, 0) is 24.6 Å². The van der Waals surface area contributed by atoms with Crippen molar-refractivity contribution in [2.45, 2.75) is 32.6 Å². The molecular formula is C13H17FO2. The van der Waals surface area contributed by atoms with Crippen molar-refractivity contribution in [2.24, 2.45) is 0 Å². The van der Waals surface area contributed by atoms with E-state index in [0.29, 0.717) is 17.7 Å². The number of halogens is 1. The number of unbranched alkanes of at least 4 members (excludes halogenated alkanes) is 2. The van der Waals surface area contributed by atoms with Crippen molar-refractivity contribution in [3.8, 4) is 5.75 Å². The molecule has 0 heterocycles. The third kappa shape index (κ3) is 3.33. The van der Waals surface area contributed by atoms with Crippen molar-refractivity contribution < 1.29 is 13.9 Å². The molecule has 3 heteroatoms. The van der Waals surface area contributed by atoms with Crippen molar-refractivity contribution in [1.82, 2.24) is 0 Å². The highest BCUT2D eigenvalue weighted by Gasteiger charge is 2.12. The van der Waals surface area contributed by atoms with Crippen LogP contribution in [-0.2, 0) is 0 Å². The normalized spacial score (nSPS) is 10.2. The van der Waals surface area contributed by atoms with Gasteiger partial charge in [-0.3, -0.25) is 4.79 Å². The molecule has 0 unspecified atom stereocenters. The number of ether oxygens (including phenoxy) is 1. The summed E-state index contributed by atoms with van der Waals surface area (Å²) in [6.45, 7) is 2.08. The zero-order valence-corrected chi connectivity index (χ0v) is 9.75. The van der Waals surface area contributed by atoms with Crippen LogP contribution in [0.2, 0.25) is 0 Å². The number of hydrogen-bond donors (Lipinski definition) is 0. The zero-order chi connectivity index (χ0) is 12.0. The fourth-order valence-electron chi connectivity index (χ4n) is 1.57. The van der Waals surface area contributed by atoms with E-state index in [0.717, 1.165) is 19.3 Å². The van der Waals surface area contributed by atoms with Crippen LogP contribution in [0.5, 0.6) is 5.75 Å². The predicted molar refractivity (Wildman–Crippen MR) is 61.4 cm³/mol. The molecule has 1 rings (SSSR count). The van der Waals surface area contributed by atoms with E-state index in [1.165, 1.54) is 25.3 Å². The molecule has 0 aliphatic heterocycles. The first-order valence-corrected chi connectivity index (χ1v) is 5.55. The van der Waals surface area contributed by atoms with Gasteiger partial charge in [-0.2, -0.15) is 0 Å². The molecule has 1 aromatic rings. The third-order valence-corrected chi connectivity index (χ3v) is 2.47. The molecule has 0 aliphatic carbocycles. The van der Waals surface area contributed by atoms with Crippen LogP contribution in [0, 0.1) is 5.82 Å². The van der Waals surface area contributed by atoms with Crippen LogP contribution >= 0.6 is 0 Å². The van der Waals surface area contributed by atoms with E-state index in [1.54, 1.807) is 0 Å². The van der Waals surface area contributed by atoms with E-state index in [1.807, 2.05) is 0 Å². The lowest BCUT2D eigenvalue weighted by Gasteiger charge is -2.07. The van der Waals surface area contributed by atoms with Gasteiger partial charge >= 0.3 is 0 Å². The molecule has 0 saturated carbocycles.